The summed E-state index contributed by atoms with van der Waals surface area (Å²) in [6.45, 7) is 0.152. The lowest BCUT2D eigenvalue weighted by Gasteiger charge is -1.64. The average molecular weight is 109 g/mol. The molecule has 0 fully saturated rings. The third kappa shape index (κ3) is 4.61. The molecular formula is C5H3NO2. The van der Waals surface area contributed by atoms with E-state index in [1.807, 2.05) is 0 Å². The lowest BCUT2D eigenvalue weighted by molar-refractivity contribution is 0.563. The van der Waals surface area contributed by atoms with Crippen LogP contribution in [-0.4, -0.2) is 18.6 Å². The molecule has 0 aromatic heterocycles. The summed E-state index contributed by atoms with van der Waals surface area (Å²) >= 11 is 0. The number of rotatable bonds is 2. The fourth-order valence-corrected chi connectivity index (χ4v) is 0.170. The van der Waals surface area contributed by atoms with Gasteiger partial charge < -0.3 is 0 Å². The van der Waals surface area contributed by atoms with Crippen LogP contribution in [0, 0.1) is 0 Å². The quantitative estimate of drug-likeness (QED) is 0.214. The highest BCUT2D eigenvalue weighted by molar-refractivity contribution is 5.43. The Kier molecular flexibility index (Phi) is 4.64. The van der Waals surface area contributed by atoms with Gasteiger partial charge in [-0.15, -0.1) is 0 Å². The molecule has 0 atom stereocenters. The van der Waals surface area contributed by atoms with E-state index in [-0.39, 0.29) is 6.54 Å². The van der Waals surface area contributed by atoms with Crippen molar-refractivity contribution in [2.75, 3.05) is 6.54 Å². The maximum absolute atomic E-state index is 9.36. The van der Waals surface area contributed by atoms with Crippen molar-refractivity contribution >= 4 is 12.0 Å². The molecule has 0 aliphatic rings. The van der Waals surface area contributed by atoms with Gasteiger partial charge >= 0.3 is 0 Å². The summed E-state index contributed by atoms with van der Waals surface area (Å²) in [5.74, 6) is 1.38. The molecule has 0 bridgehead atoms. The van der Waals surface area contributed by atoms with Gasteiger partial charge in [-0.3, -0.25) is 0 Å². The minimum atomic E-state index is 0.152. The zero-order chi connectivity index (χ0) is 6.24. The van der Waals surface area contributed by atoms with Crippen LogP contribution >= 0.6 is 0 Å². The van der Waals surface area contributed by atoms with Gasteiger partial charge in [-0.25, -0.2) is 14.6 Å². The van der Waals surface area contributed by atoms with Crippen LogP contribution in [0.1, 0.15) is 0 Å². The Bertz CT molecular complexity index is 179. The first-order valence-corrected chi connectivity index (χ1v) is 1.90. The Morgan fingerprint density at radius 1 is 1.50 bits per heavy atom. The van der Waals surface area contributed by atoms with Crippen molar-refractivity contribution in [3.8, 4) is 0 Å². The number of hydrogen-bond acceptors (Lipinski definition) is 3. The third-order valence-corrected chi connectivity index (χ3v) is 0.408. The van der Waals surface area contributed by atoms with E-state index in [0.29, 0.717) is 0 Å². The average Bonchev–Trinajstić information content (AvgIpc) is 1.81. The van der Waals surface area contributed by atoms with E-state index >= 15 is 0 Å². The molecule has 0 unspecified atom stereocenters. The minimum Gasteiger partial charge on any atom is -0.224 e. The van der Waals surface area contributed by atoms with Crippen LogP contribution in [0.3, 0.4) is 0 Å². The summed E-state index contributed by atoms with van der Waals surface area (Å²) in [6.07, 6.45) is 2.59. The highest BCUT2D eigenvalue weighted by Crippen LogP contribution is 1.63. The van der Waals surface area contributed by atoms with Crippen molar-refractivity contribution in [2.24, 2.45) is 4.99 Å². The van der Waals surface area contributed by atoms with E-state index in [1.165, 1.54) is 18.1 Å². The van der Waals surface area contributed by atoms with Gasteiger partial charge in [0.2, 0.25) is 6.08 Å². The predicted octanol–water partition coefficient (Wildman–Crippen LogP) is -0.135. The molecule has 0 radical (unpaired) electrons. The van der Waals surface area contributed by atoms with E-state index in [1.54, 1.807) is 0 Å². The molecule has 0 saturated heterocycles. The Morgan fingerprint density at radius 3 is 2.75 bits per heavy atom. The second kappa shape index (κ2) is 5.61. The van der Waals surface area contributed by atoms with E-state index in [2.05, 4.69) is 10.7 Å². The van der Waals surface area contributed by atoms with Crippen LogP contribution in [0.25, 0.3) is 0 Å². The zero-order valence-electron chi connectivity index (χ0n) is 4.05. The molecule has 0 rings (SSSR count). The molecule has 0 aromatic carbocycles. The van der Waals surface area contributed by atoms with E-state index in [0.717, 1.165) is 0 Å². The monoisotopic (exact) mass is 109 g/mol. The predicted molar refractivity (Wildman–Crippen MR) is 26.8 cm³/mol. The van der Waals surface area contributed by atoms with Crippen molar-refractivity contribution in [1.82, 2.24) is 0 Å². The van der Waals surface area contributed by atoms with Crippen molar-refractivity contribution in [3.05, 3.63) is 11.8 Å². The molecule has 8 heavy (non-hydrogen) atoms. The van der Waals surface area contributed by atoms with Crippen LogP contribution in [-0.2, 0) is 9.59 Å². The van der Waals surface area contributed by atoms with E-state index < -0.39 is 0 Å². The molecule has 3 heteroatoms. The van der Waals surface area contributed by atoms with Crippen molar-refractivity contribution in [2.45, 2.75) is 0 Å². The lowest BCUT2D eigenvalue weighted by Crippen LogP contribution is -1.65. The summed E-state index contributed by atoms with van der Waals surface area (Å²) in [5, 5.41) is 0. The molecule has 0 amide bonds. The Labute approximate surface area is 46.0 Å². The molecule has 0 heterocycles. The van der Waals surface area contributed by atoms with Gasteiger partial charge in [-0.2, -0.15) is 0 Å². The van der Waals surface area contributed by atoms with Crippen LogP contribution in [0.15, 0.2) is 16.8 Å². The zero-order valence-corrected chi connectivity index (χ0v) is 4.05. The highest BCUT2D eigenvalue weighted by atomic mass is 16.1. The number of carbonyl (C=O) groups excluding carboxylic acids is 2. The van der Waals surface area contributed by atoms with Gasteiger partial charge in [0, 0.05) is 0 Å². The standard InChI is InChI=1S/C5H3NO2/c7-4-2-1-3-6-5-8/h1H,3H2. The van der Waals surface area contributed by atoms with Crippen molar-refractivity contribution < 1.29 is 9.59 Å². The second-order valence-corrected chi connectivity index (χ2v) is 0.882. The SMILES string of the molecule is O=C=C=CCN=C=O. The molecule has 0 aromatic rings. The summed E-state index contributed by atoms with van der Waals surface area (Å²) in [7, 11) is 0. The van der Waals surface area contributed by atoms with E-state index in [4.69, 9.17) is 0 Å². The number of hydrogen-bond donors (Lipinski definition) is 0. The van der Waals surface area contributed by atoms with Crippen LogP contribution in [0.4, 0.5) is 0 Å². The summed E-state index contributed by atoms with van der Waals surface area (Å²) < 4.78 is 0. The fourth-order valence-electron chi connectivity index (χ4n) is 0.170. The molecule has 0 N–H and O–H groups in total. The van der Waals surface area contributed by atoms with Gasteiger partial charge in [0.1, 0.15) is 0 Å². The fraction of sp³-hybridized carbons (Fsp3) is 0.200. The van der Waals surface area contributed by atoms with Crippen LogP contribution in [0.2, 0.25) is 0 Å². The molecule has 0 aliphatic carbocycles. The third-order valence-electron chi connectivity index (χ3n) is 0.408. The van der Waals surface area contributed by atoms with Crippen molar-refractivity contribution in [1.29, 1.82) is 0 Å². The second-order valence-electron chi connectivity index (χ2n) is 0.882. The number of nitrogens with zero attached hydrogens (tertiary/aromatic N) is 1. The van der Waals surface area contributed by atoms with Gasteiger partial charge in [0.25, 0.3) is 0 Å². The molecular weight excluding hydrogens is 106 g/mol. The van der Waals surface area contributed by atoms with Gasteiger partial charge in [0.05, 0.1) is 6.54 Å². The molecule has 40 valence electrons. The summed E-state index contributed by atoms with van der Waals surface area (Å²) in [4.78, 5) is 21.8. The largest absolute Gasteiger partial charge is 0.235 e. The topological polar surface area (TPSA) is 46.5 Å². The summed E-state index contributed by atoms with van der Waals surface area (Å²) in [6, 6.07) is 0. The van der Waals surface area contributed by atoms with Crippen molar-refractivity contribution in [3.63, 3.8) is 0 Å². The first-order valence-electron chi connectivity index (χ1n) is 1.90. The normalized spacial score (nSPS) is 5.50. The van der Waals surface area contributed by atoms with Gasteiger partial charge in [-0.05, 0) is 11.8 Å². The first kappa shape index (κ1) is 6.61. The first-order chi connectivity index (χ1) is 3.91. The molecule has 3 nitrogen and oxygen atoms in total. The van der Waals surface area contributed by atoms with E-state index in [9.17, 15) is 9.59 Å². The lowest BCUT2D eigenvalue weighted by atomic mass is 10.6. The summed E-state index contributed by atoms with van der Waals surface area (Å²) in [5.41, 5.74) is 2.08. The van der Waals surface area contributed by atoms with Crippen LogP contribution < -0.4 is 0 Å². The van der Waals surface area contributed by atoms with Crippen LogP contribution in [0.5, 0.6) is 0 Å². The Balaban J connectivity index is 3.61. The van der Waals surface area contributed by atoms with Gasteiger partial charge in [-0.1, -0.05) is 0 Å². The molecule has 0 spiro atoms. The Hall–Kier alpha value is -1.39. The highest BCUT2D eigenvalue weighted by Gasteiger charge is 1.63. The smallest absolute Gasteiger partial charge is 0.224 e. The maximum Gasteiger partial charge on any atom is 0.235 e. The Morgan fingerprint density at radius 2 is 2.25 bits per heavy atom. The number of isocyanates is 1. The maximum atomic E-state index is 9.36. The minimum absolute atomic E-state index is 0.152. The number of aliphatic imine (C=N–C) groups is 1. The van der Waals surface area contributed by atoms with Gasteiger partial charge in [0.15, 0.2) is 5.94 Å². The molecule has 0 aliphatic heterocycles. The molecule has 0 saturated carbocycles.